The molecule has 9 heteroatoms. The van der Waals surface area contributed by atoms with Gasteiger partial charge in [0.05, 0.1) is 16.8 Å². The minimum atomic E-state index is -3.99. The second-order valence-corrected chi connectivity index (χ2v) is 8.63. The molecule has 0 unspecified atom stereocenters. The number of halogens is 1. The highest BCUT2D eigenvalue weighted by Gasteiger charge is 2.28. The van der Waals surface area contributed by atoms with E-state index >= 15 is 0 Å². The molecule has 154 valence electrons. The molecular weight excluding hydrogens is 424 g/mol. The van der Waals surface area contributed by atoms with Gasteiger partial charge in [0.25, 0.3) is 15.9 Å². The molecule has 0 atom stereocenters. The van der Waals surface area contributed by atoms with Crippen LogP contribution in [0.5, 0.6) is 0 Å². The maximum Gasteiger partial charge on any atom is 0.264 e. The Bertz CT molecular complexity index is 1150. The minimum absolute atomic E-state index is 0.0750. The lowest BCUT2D eigenvalue weighted by atomic mass is 10.2. The number of nitrogens with one attached hydrogen (secondary N) is 1. The van der Waals surface area contributed by atoms with Gasteiger partial charge >= 0.3 is 0 Å². The Morgan fingerprint density at radius 3 is 2.60 bits per heavy atom. The number of hydrogen-bond donors (Lipinski definition) is 1. The lowest BCUT2D eigenvalue weighted by Crippen LogP contribution is -2.40. The van der Waals surface area contributed by atoms with Crippen molar-refractivity contribution >= 4 is 39.4 Å². The van der Waals surface area contributed by atoms with Gasteiger partial charge in [0.1, 0.15) is 6.54 Å². The number of hydrogen-bond acceptors (Lipinski definition) is 5. The highest BCUT2D eigenvalue weighted by Crippen LogP contribution is 2.28. The van der Waals surface area contributed by atoms with E-state index < -0.39 is 22.5 Å². The standard InChI is InChI=1S/C21H19ClN4O3S/c1-16-12-18(22)9-10-20(16)26(30(28,29)19-7-3-2-4-8-19)15-21(27)25-24-14-17-6-5-11-23-13-17/h2-14H,15H2,1H3,(H,25,27)/b24-14-. The van der Waals surface area contributed by atoms with Crippen molar-refractivity contribution in [3.05, 3.63) is 89.2 Å². The van der Waals surface area contributed by atoms with Gasteiger partial charge in [0.15, 0.2) is 0 Å². The number of benzene rings is 2. The molecule has 0 bridgehead atoms. The summed E-state index contributed by atoms with van der Waals surface area (Å²) >= 11 is 6.01. The zero-order chi connectivity index (χ0) is 21.6. The summed E-state index contributed by atoms with van der Waals surface area (Å²) in [4.78, 5) is 16.5. The summed E-state index contributed by atoms with van der Waals surface area (Å²) in [5.41, 5.74) is 4.03. The van der Waals surface area contributed by atoms with Crippen molar-refractivity contribution < 1.29 is 13.2 Å². The van der Waals surface area contributed by atoms with E-state index in [0.29, 0.717) is 21.8 Å². The van der Waals surface area contributed by atoms with E-state index in [0.717, 1.165) is 4.31 Å². The Labute approximate surface area is 180 Å². The highest BCUT2D eigenvalue weighted by molar-refractivity contribution is 7.92. The largest absolute Gasteiger partial charge is 0.271 e. The first-order valence-corrected chi connectivity index (χ1v) is 10.8. The highest BCUT2D eigenvalue weighted by atomic mass is 35.5. The number of aryl methyl sites for hydroxylation is 1. The number of sulfonamides is 1. The van der Waals surface area contributed by atoms with Gasteiger partial charge < -0.3 is 0 Å². The van der Waals surface area contributed by atoms with E-state index in [-0.39, 0.29) is 4.90 Å². The number of carbonyl (C=O) groups excluding carboxylic acids is 1. The molecule has 2 aromatic carbocycles. The Morgan fingerprint density at radius 2 is 1.93 bits per heavy atom. The first kappa shape index (κ1) is 21.5. The van der Waals surface area contributed by atoms with Gasteiger partial charge in [-0.25, -0.2) is 13.8 Å². The lowest BCUT2D eigenvalue weighted by Gasteiger charge is -2.25. The topological polar surface area (TPSA) is 91.7 Å². The number of anilines is 1. The molecule has 7 nitrogen and oxygen atoms in total. The molecule has 0 aliphatic carbocycles. The third kappa shape index (κ3) is 5.22. The number of hydrazone groups is 1. The maximum atomic E-state index is 13.3. The van der Waals surface area contributed by atoms with Gasteiger partial charge in [-0.15, -0.1) is 0 Å². The number of carbonyl (C=O) groups is 1. The van der Waals surface area contributed by atoms with Crippen molar-refractivity contribution in [1.29, 1.82) is 0 Å². The van der Waals surface area contributed by atoms with Crippen LogP contribution < -0.4 is 9.73 Å². The van der Waals surface area contributed by atoms with E-state index in [1.807, 2.05) is 0 Å². The van der Waals surface area contributed by atoms with Gasteiger partial charge in [-0.05, 0) is 48.9 Å². The van der Waals surface area contributed by atoms with Crippen LogP contribution in [0.15, 0.2) is 83.1 Å². The van der Waals surface area contributed by atoms with Gasteiger partial charge in [0, 0.05) is 23.0 Å². The van der Waals surface area contributed by atoms with Gasteiger partial charge in [-0.2, -0.15) is 5.10 Å². The molecule has 3 rings (SSSR count). The van der Waals surface area contributed by atoms with Crippen molar-refractivity contribution in [2.45, 2.75) is 11.8 Å². The summed E-state index contributed by atoms with van der Waals surface area (Å²) in [5.74, 6) is -0.594. The van der Waals surface area contributed by atoms with Gasteiger partial charge in [-0.3, -0.25) is 14.1 Å². The fourth-order valence-corrected chi connectivity index (χ4v) is 4.45. The Morgan fingerprint density at radius 1 is 1.17 bits per heavy atom. The molecule has 1 heterocycles. The van der Waals surface area contributed by atoms with E-state index in [1.54, 1.807) is 67.8 Å². The van der Waals surface area contributed by atoms with Crippen LogP contribution in [0.25, 0.3) is 0 Å². The van der Waals surface area contributed by atoms with Crippen LogP contribution in [0, 0.1) is 6.92 Å². The molecule has 0 spiro atoms. The third-order valence-corrected chi connectivity index (χ3v) is 6.14. The van der Waals surface area contributed by atoms with Crippen LogP contribution in [0.2, 0.25) is 5.02 Å². The molecule has 1 N–H and O–H groups in total. The molecule has 0 saturated heterocycles. The Hall–Kier alpha value is -3.23. The average molecular weight is 443 g/mol. The summed E-state index contributed by atoms with van der Waals surface area (Å²) in [6, 6.07) is 16.2. The predicted octanol–water partition coefficient (Wildman–Crippen LogP) is 3.39. The molecule has 1 aromatic heterocycles. The smallest absolute Gasteiger partial charge is 0.264 e. The fourth-order valence-electron chi connectivity index (χ4n) is 2.71. The zero-order valence-electron chi connectivity index (χ0n) is 16.1. The van der Waals surface area contributed by atoms with Crippen LogP contribution in [-0.4, -0.2) is 32.1 Å². The molecule has 3 aromatic rings. The molecule has 0 aliphatic heterocycles. The van der Waals surface area contributed by atoms with E-state index in [2.05, 4.69) is 15.5 Å². The molecule has 1 amide bonds. The summed E-state index contributed by atoms with van der Waals surface area (Å²) in [5, 5.41) is 4.34. The number of rotatable bonds is 7. The van der Waals surface area contributed by atoms with Gasteiger partial charge in [0.2, 0.25) is 0 Å². The van der Waals surface area contributed by atoms with E-state index in [9.17, 15) is 13.2 Å². The molecular formula is C21H19ClN4O3S. The molecule has 30 heavy (non-hydrogen) atoms. The summed E-state index contributed by atoms with van der Waals surface area (Å²) in [6.07, 6.45) is 4.63. The SMILES string of the molecule is Cc1cc(Cl)ccc1N(CC(=O)N/N=C\c1cccnc1)S(=O)(=O)c1ccccc1. The monoisotopic (exact) mass is 442 g/mol. The number of pyridine rings is 1. The molecule has 0 aliphatic rings. The Balaban J connectivity index is 1.88. The van der Waals surface area contributed by atoms with Crippen LogP contribution in [0.4, 0.5) is 5.69 Å². The van der Waals surface area contributed by atoms with Crippen molar-refractivity contribution in [2.24, 2.45) is 5.10 Å². The summed E-state index contributed by atoms with van der Waals surface area (Å²) in [6.45, 7) is 1.28. The van der Waals surface area contributed by atoms with Crippen LogP contribution in [0.3, 0.4) is 0 Å². The van der Waals surface area contributed by atoms with Crippen LogP contribution in [-0.2, 0) is 14.8 Å². The normalized spacial score (nSPS) is 11.4. The van der Waals surface area contributed by atoms with Crippen molar-refractivity contribution in [3.8, 4) is 0 Å². The summed E-state index contributed by atoms with van der Waals surface area (Å²) in [7, 11) is -3.99. The molecule has 0 radical (unpaired) electrons. The lowest BCUT2D eigenvalue weighted by molar-refractivity contribution is -0.119. The quantitative estimate of drug-likeness (QED) is 0.448. The van der Waals surface area contributed by atoms with Crippen LogP contribution >= 0.6 is 11.6 Å². The van der Waals surface area contributed by atoms with E-state index in [4.69, 9.17) is 11.6 Å². The summed E-state index contributed by atoms with van der Waals surface area (Å²) < 4.78 is 27.6. The third-order valence-electron chi connectivity index (χ3n) is 4.13. The van der Waals surface area contributed by atoms with Crippen molar-refractivity contribution in [1.82, 2.24) is 10.4 Å². The van der Waals surface area contributed by atoms with E-state index in [1.165, 1.54) is 18.3 Å². The predicted molar refractivity (Wildman–Crippen MR) is 117 cm³/mol. The molecule has 0 saturated carbocycles. The number of amides is 1. The first-order valence-electron chi connectivity index (χ1n) is 8.94. The second-order valence-electron chi connectivity index (χ2n) is 6.34. The minimum Gasteiger partial charge on any atom is -0.271 e. The zero-order valence-corrected chi connectivity index (χ0v) is 17.6. The van der Waals surface area contributed by atoms with Gasteiger partial charge in [-0.1, -0.05) is 35.9 Å². The molecule has 0 fully saturated rings. The average Bonchev–Trinajstić information content (AvgIpc) is 2.74. The number of aromatic nitrogens is 1. The second kappa shape index (κ2) is 9.51. The fraction of sp³-hybridized carbons (Fsp3) is 0.0952. The first-order chi connectivity index (χ1) is 14.4. The Kier molecular flexibility index (Phi) is 6.81. The number of nitrogens with zero attached hydrogens (tertiary/aromatic N) is 3. The van der Waals surface area contributed by atoms with Crippen molar-refractivity contribution in [3.63, 3.8) is 0 Å². The maximum absolute atomic E-state index is 13.3. The van der Waals surface area contributed by atoms with Crippen molar-refractivity contribution in [2.75, 3.05) is 10.8 Å². The van der Waals surface area contributed by atoms with Crippen LogP contribution in [0.1, 0.15) is 11.1 Å².